The molecule has 6 heteroatoms. The van der Waals surface area contributed by atoms with Crippen LogP contribution in [-0.4, -0.2) is 45.3 Å². The molecule has 0 saturated heterocycles. The second kappa shape index (κ2) is 7.28. The predicted molar refractivity (Wildman–Crippen MR) is 49.5 cm³/mol. The van der Waals surface area contributed by atoms with Gasteiger partial charge in [-0.15, -0.1) is 0 Å². The average Bonchev–Trinajstić information content (AvgIpc) is 2.21. The Morgan fingerprint density at radius 1 is 1.43 bits per heavy atom. The fourth-order valence-corrected chi connectivity index (χ4v) is 0.738. The lowest BCUT2D eigenvalue weighted by Crippen LogP contribution is -2.43. The van der Waals surface area contributed by atoms with Gasteiger partial charge in [-0.1, -0.05) is 0 Å². The molecule has 3 N–H and O–H groups in total. The first-order valence-electron chi connectivity index (χ1n) is 4.20. The topological polar surface area (TPSA) is 90.6 Å². The Morgan fingerprint density at radius 2 is 2.07 bits per heavy atom. The largest absolute Gasteiger partial charge is 0.468 e. The summed E-state index contributed by atoms with van der Waals surface area (Å²) in [4.78, 5) is 21.8. The van der Waals surface area contributed by atoms with E-state index in [1.807, 2.05) is 0 Å². The van der Waals surface area contributed by atoms with Gasteiger partial charge in [-0.05, 0) is 6.42 Å². The smallest absolute Gasteiger partial charge is 0.325 e. The first-order valence-corrected chi connectivity index (χ1v) is 4.20. The first-order chi connectivity index (χ1) is 6.61. The van der Waals surface area contributed by atoms with Crippen LogP contribution in [0, 0.1) is 0 Å². The molecule has 0 aliphatic heterocycles. The lowest BCUT2D eigenvalue weighted by Gasteiger charge is -2.10. The number of amides is 1. The van der Waals surface area contributed by atoms with Gasteiger partial charge in [0.25, 0.3) is 0 Å². The molecule has 14 heavy (non-hydrogen) atoms. The van der Waals surface area contributed by atoms with Crippen LogP contribution >= 0.6 is 0 Å². The van der Waals surface area contributed by atoms with Crippen molar-refractivity contribution in [1.82, 2.24) is 5.32 Å². The monoisotopic (exact) mass is 204 g/mol. The van der Waals surface area contributed by atoms with Crippen molar-refractivity contribution in [3.63, 3.8) is 0 Å². The number of nitrogens with two attached hydrogens (primary N) is 1. The van der Waals surface area contributed by atoms with Crippen molar-refractivity contribution in [3.05, 3.63) is 0 Å². The van der Waals surface area contributed by atoms with Crippen molar-refractivity contribution < 1.29 is 19.1 Å². The van der Waals surface area contributed by atoms with Crippen molar-refractivity contribution in [2.45, 2.75) is 12.5 Å². The van der Waals surface area contributed by atoms with E-state index in [1.165, 1.54) is 14.2 Å². The van der Waals surface area contributed by atoms with Gasteiger partial charge in [0.15, 0.2) is 0 Å². The Morgan fingerprint density at radius 3 is 2.57 bits per heavy atom. The number of hydrogen-bond donors (Lipinski definition) is 2. The van der Waals surface area contributed by atoms with Crippen molar-refractivity contribution >= 4 is 11.9 Å². The minimum atomic E-state index is -0.653. The Bertz CT molecular complexity index is 196. The van der Waals surface area contributed by atoms with Crippen LogP contribution in [0.15, 0.2) is 0 Å². The van der Waals surface area contributed by atoms with Crippen molar-refractivity contribution in [2.24, 2.45) is 5.73 Å². The molecule has 0 aromatic rings. The summed E-state index contributed by atoms with van der Waals surface area (Å²) in [5.41, 5.74) is 5.49. The molecule has 0 aliphatic rings. The zero-order valence-corrected chi connectivity index (χ0v) is 8.41. The van der Waals surface area contributed by atoms with Crippen molar-refractivity contribution in [3.8, 4) is 0 Å². The maximum absolute atomic E-state index is 11.2. The molecule has 0 bridgehead atoms. The van der Waals surface area contributed by atoms with E-state index in [0.717, 1.165) is 0 Å². The number of carbonyl (C=O) groups is 2. The molecule has 0 heterocycles. The van der Waals surface area contributed by atoms with Crippen LogP contribution in [0.2, 0.25) is 0 Å². The zero-order valence-electron chi connectivity index (χ0n) is 8.41. The Kier molecular flexibility index (Phi) is 6.69. The lowest BCUT2D eigenvalue weighted by atomic mass is 10.2. The summed E-state index contributed by atoms with van der Waals surface area (Å²) in [5, 5.41) is 2.35. The van der Waals surface area contributed by atoms with Crippen LogP contribution in [-0.2, 0) is 19.1 Å². The van der Waals surface area contributed by atoms with Gasteiger partial charge in [-0.3, -0.25) is 9.59 Å². The first kappa shape index (κ1) is 12.9. The van der Waals surface area contributed by atoms with E-state index >= 15 is 0 Å². The molecule has 0 saturated carbocycles. The molecule has 82 valence electrons. The van der Waals surface area contributed by atoms with E-state index in [0.29, 0.717) is 13.0 Å². The Labute approximate surface area is 82.7 Å². The van der Waals surface area contributed by atoms with Gasteiger partial charge in [-0.2, -0.15) is 0 Å². The van der Waals surface area contributed by atoms with Gasteiger partial charge in [0, 0.05) is 13.7 Å². The Hall–Kier alpha value is -1.14. The van der Waals surface area contributed by atoms with Crippen molar-refractivity contribution in [1.29, 1.82) is 0 Å². The minimum Gasteiger partial charge on any atom is -0.468 e. The van der Waals surface area contributed by atoms with Gasteiger partial charge in [0.05, 0.1) is 13.2 Å². The highest BCUT2D eigenvalue weighted by atomic mass is 16.5. The fraction of sp³-hybridized carbons (Fsp3) is 0.750. The second-order valence-electron chi connectivity index (χ2n) is 2.68. The van der Waals surface area contributed by atoms with Gasteiger partial charge in [0.1, 0.15) is 6.54 Å². The lowest BCUT2D eigenvalue weighted by molar-refractivity contribution is -0.141. The van der Waals surface area contributed by atoms with E-state index < -0.39 is 12.0 Å². The average molecular weight is 204 g/mol. The van der Waals surface area contributed by atoms with Gasteiger partial charge in [0.2, 0.25) is 5.91 Å². The second-order valence-corrected chi connectivity index (χ2v) is 2.68. The summed E-state index contributed by atoms with van der Waals surface area (Å²) in [7, 11) is 2.78. The highest BCUT2D eigenvalue weighted by Crippen LogP contribution is 1.88. The van der Waals surface area contributed by atoms with Crippen LogP contribution in [0.1, 0.15) is 6.42 Å². The minimum absolute atomic E-state index is 0.157. The highest BCUT2D eigenvalue weighted by Gasteiger charge is 2.13. The number of rotatable bonds is 6. The summed E-state index contributed by atoms with van der Waals surface area (Å²) in [6.45, 7) is 0.253. The molecule has 1 unspecified atom stereocenters. The highest BCUT2D eigenvalue weighted by molar-refractivity contribution is 5.85. The van der Waals surface area contributed by atoms with Crippen LogP contribution < -0.4 is 11.1 Å². The van der Waals surface area contributed by atoms with Crippen LogP contribution in [0.4, 0.5) is 0 Å². The third-order valence-corrected chi connectivity index (χ3v) is 1.60. The molecule has 0 aromatic heterocycles. The molecule has 1 amide bonds. The van der Waals surface area contributed by atoms with Gasteiger partial charge < -0.3 is 20.5 Å². The van der Waals surface area contributed by atoms with Crippen LogP contribution in [0.3, 0.4) is 0 Å². The van der Waals surface area contributed by atoms with Gasteiger partial charge >= 0.3 is 5.97 Å². The van der Waals surface area contributed by atoms with E-state index in [9.17, 15) is 9.59 Å². The number of ether oxygens (including phenoxy) is 2. The molecule has 0 aliphatic carbocycles. The number of nitrogens with one attached hydrogen (secondary N) is 1. The predicted octanol–water partition coefficient (Wildman–Crippen LogP) is -1.36. The van der Waals surface area contributed by atoms with E-state index in [1.54, 1.807) is 0 Å². The van der Waals surface area contributed by atoms with Crippen molar-refractivity contribution in [2.75, 3.05) is 27.4 Å². The summed E-state index contributed by atoms with van der Waals surface area (Å²) < 4.78 is 9.10. The van der Waals surface area contributed by atoms with E-state index in [4.69, 9.17) is 10.5 Å². The van der Waals surface area contributed by atoms with Gasteiger partial charge in [-0.25, -0.2) is 0 Å². The number of carbonyl (C=O) groups excluding carboxylic acids is 2. The maximum atomic E-state index is 11.2. The molecule has 0 fully saturated rings. The fourth-order valence-electron chi connectivity index (χ4n) is 0.738. The number of esters is 1. The molecule has 6 nitrogen and oxygen atoms in total. The standard InChI is InChI=1S/C8H16N2O4/c1-13-4-3-6(9)8(12)10-5-7(11)14-2/h6H,3-5,9H2,1-2H3,(H,10,12). The summed E-state index contributed by atoms with van der Waals surface area (Å²) in [6, 6.07) is -0.653. The zero-order chi connectivity index (χ0) is 11.0. The number of methoxy groups -OCH3 is 2. The summed E-state index contributed by atoms with van der Waals surface area (Å²) in [6.07, 6.45) is 0.420. The summed E-state index contributed by atoms with van der Waals surface area (Å²) in [5.74, 6) is -0.884. The molecule has 0 radical (unpaired) electrons. The maximum Gasteiger partial charge on any atom is 0.325 e. The molecular weight excluding hydrogens is 188 g/mol. The molecule has 1 atom stereocenters. The van der Waals surface area contributed by atoms with Crippen LogP contribution in [0.5, 0.6) is 0 Å². The molecule has 0 spiro atoms. The Balaban J connectivity index is 3.67. The third-order valence-electron chi connectivity index (χ3n) is 1.60. The molecule has 0 rings (SSSR count). The molecule has 0 aromatic carbocycles. The molecular formula is C8H16N2O4. The van der Waals surface area contributed by atoms with Crippen LogP contribution in [0.25, 0.3) is 0 Å². The number of hydrogen-bond acceptors (Lipinski definition) is 5. The van der Waals surface area contributed by atoms with E-state index in [2.05, 4.69) is 10.1 Å². The quantitative estimate of drug-likeness (QED) is 0.521. The van der Waals surface area contributed by atoms with E-state index in [-0.39, 0.29) is 12.5 Å². The summed E-state index contributed by atoms with van der Waals surface area (Å²) >= 11 is 0. The normalized spacial score (nSPS) is 11.9. The SMILES string of the molecule is COCCC(N)C(=O)NCC(=O)OC. The third kappa shape index (κ3) is 5.50.